The predicted octanol–water partition coefficient (Wildman–Crippen LogP) is 2.09. The number of aromatic amines is 1. The van der Waals surface area contributed by atoms with Crippen LogP contribution in [0, 0.1) is 6.92 Å². The topological polar surface area (TPSA) is 37.0 Å². The molecule has 0 aliphatic carbocycles. The van der Waals surface area contributed by atoms with E-state index < -0.39 is 0 Å². The third kappa shape index (κ3) is 1.35. The minimum Gasteiger partial charge on any atom is -0.358 e. The fourth-order valence-corrected chi connectivity index (χ4v) is 2.31. The standard InChI is InChI=1S/C12H14N2O/c1-8-12(11-6-13-7-15-11)9-4-2-3-5-10(9)14-8/h2-5,11,13-14H,6-7H2,1H3. The van der Waals surface area contributed by atoms with Gasteiger partial charge in [0.25, 0.3) is 0 Å². The molecule has 0 spiro atoms. The van der Waals surface area contributed by atoms with Gasteiger partial charge in [0.15, 0.2) is 0 Å². The molecule has 1 aliphatic rings. The molecule has 1 unspecified atom stereocenters. The second-order valence-electron chi connectivity index (χ2n) is 3.96. The van der Waals surface area contributed by atoms with E-state index in [9.17, 15) is 0 Å². The second kappa shape index (κ2) is 3.36. The SMILES string of the molecule is Cc1[nH]c2ccccc2c1C1CNCO1. The number of benzene rings is 1. The van der Waals surface area contributed by atoms with E-state index >= 15 is 0 Å². The molecule has 0 saturated carbocycles. The largest absolute Gasteiger partial charge is 0.358 e. The van der Waals surface area contributed by atoms with Gasteiger partial charge in [-0.3, -0.25) is 5.32 Å². The van der Waals surface area contributed by atoms with Crippen molar-refractivity contribution in [3.8, 4) is 0 Å². The Morgan fingerprint density at radius 1 is 1.33 bits per heavy atom. The van der Waals surface area contributed by atoms with Crippen molar-refractivity contribution in [1.29, 1.82) is 0 Å². The average Bonchev–Trinajstić information content (AvgIpc) is 2.82. The molecule has 3 rings (SSSR count). The molecule has 2 heterocycles. The van der Waals surface area contributed by atoms with Crippen molar-refractivity contribution < 1.29 is 4.74 Å². The highest BCUT2D eigenvalue weighted by Gasteiger charge is 2.22. The summed E-state index contributed by atoms with van der Waals surface area (Å²) in [5, 5.41) is 4.50. The monoisotopic (exact) mass is 202 g/mol. The molecule has 3 heteroatoms. The molecule has 2 aromatic rings. The third-order valence-corrected chi connectivity index (χ3v) is 2.98. The van der Waals surface area contributed by atoms with Crippen LogP contribution in [0.4, 0.5) is 0 Å². The number of rotatable bonds is 1. The number of para-hydroxylation sites is 1. The summed E-state index contributed by atoms with van der Waals surface area (Å²) in [6, 6.07) is 8.38. The van der Waals surface area contributed by atoms with Crippen LogP contribution in [0.25, 0.3) is 10.9 Å². The van der Waals surface area contributed by atoms with E-state index in [1.807, 2.05) is 0 Å². The number of fused-ring (bicyclic) bond motifs is 1. The lowest BCUT2D eigenvalue weighted by Gasteiger charge is -2.08. The van der Waals surface area contributed by atoms with E-state index in [0.717, 1.165) is 6.54 Å². The summed E-state index contributed by atoms with van der Waals surface area (Å²) in [5.74, 6) is 0. The Kier molecular flexibility index (Phi) is 2.01. The number of aryl methyl sites for hydroxylation is 1. The molecule has 0 bridgehead atoms. The highest BCUT2D eigenvalue weighted by Crippen LogP contribution is 2.30. The highest BCUT2D eigenvalue weighted by atomic mass is 16.5. The van der Waals surface area contributed by atoms with Gasteiger partial charge < -0.3 is 9.72 Å². The Morgan fingerprint density at radius 3 is 3.00 bits per heavy atom. The first-order valence-corrected chi connectivity index (χ1v) is 5.26. The Labute approximate surface area is 88.4 Å². The predicted molar refractivity (Wildman–Crippen MR) is 59.7 cm³/mol. The maximum absolute atomic E-state index is 5.66. The Morgan fingerprint density at radius 2 is 2.20 bits per heavy atom. The van der Waals surface area contributed by atoms with Gasteiger partial charge in [0, 0.05) is 28.7 Å². The maximum atomic E-state index is 5.66. The molecule has 1 fully saturated rings. The summed E-state index contributed by atoms with van der Waals surface area (Å²) in [4.78, 5) is 3.40. The highest BCUT2D eigenvalue weighted by molar-refractivity contribution is 5.85. The van der Waals surface area contributed by atoms with Crippen LogP contribution in [0.15, 0.2) is 24.3 Å². The fourth-order valence-electron chi connectivity index (χ4n) is 2.31. The number of hydrogen-bond acceptors (Lipinski definition) is 2. The van der Waals surface area contributed by atoms with Crippen molar-refractivity contribution in [3.63, 3.8) is 0 Å². The van der Waals surface area contributed by atoms with E-state index in [1.54, 1.807) is 0 Å². The van der Waals surface area contributed by atoms with Crippen LogP contribution in [0.2, 0.25) is 0 Å². The van der Waals surface area contributed by atoms with Crippen molar-refractivity contribution in [2.45, 2.75) is 13.0 Å². The number of aromatic nitrogens is 1. The molecular formula is C12H14N2O. The Hall–Kier alpha value is -1.32. The van der Waals surface area contributed by atoms with Gasteiger partial charge in [0.1, 0.15) is 0 Å². The van der Waals surface area contributed by atoms with Crippen LogP contribution in [0.5, 0.6) is 0 Å². The molecule has 1 aromatic heterocycles. The summed E-state index contributed by atoms with van der Waals surface area (Å²) in [6.45, 7) is 3.67. The second-order valence-corrected chi connectivity index (χ2v) is 3.96. The molecule has 1 saturated heterocycles. The number of nitrogens with one attached hydrogen (secondary N) is 2. The lowest BCUT2D eigenvalue weighted by Crippen LogP contribution is -2.08. The number of ether oxygens (including phenoxy) is 1. The molecule has 0 amide bonds. The van der Waals surface area contributed by atoms with Gasteiger partial charge in [-0.15, -0.1) is 0 Å². The summed E-state index contributed by atoms with van der Waals surface area (Å²) in [7, 11) is 0. The molecule has 2 N–H and O–H groups in total. The maximum Gasteiger partial charge on any atom is 0.0990 e. The first-order valence-electron chi connectivity index (χ1n) is 5.26. The first kappa shape index (κ1) is 8.95. The van der Waals surface area contributed by atoms with Gasteiger partial charge in [0.05, 0.1) is 12.8 Å². The molecular weight excluding hydrogens is 188 g/mol. The van der Waals surface area contributed by atoms with Gasteiger partial charge in [-0.25, -0.2) is 0 Å². The summed E-state index contributed by atoms with van der Waals surface area (Å²) < 4.78 is 5.66. The van der Waals surface area contributed by atoms with E-state index in [0.29, 0.717) is 6.73 Å². The first-order chi connectivity index (χ1) is 7.36. The normalized spacial score (nSPS) is 21.3. The van der Waals surface area contributed by atoms with Crippen LogP contribution < -0.4 is 5.32 Å². The summed E-state index contributed by atoms with van der Waals surface area (Å²) in [6.07, 6.45) is 0.196. The third-order valence-electron chi connectivity index (χ3n) is 2.98. The average molecular weight is 202 g/mol. The van der Waals surface area contributed by atoms with Crippen molar-refractivity contribution in [3.05, 3.63) is 35.5 Å². The van der Waals surface area contributed by atoms with Gasteiger partial charge in [-0.1, -0.05) is 18.2 Å². The lowest BCUT2D eigenvalue weighted by atomic mass is 10.1. The van der Waals surface area contributed by atoms with Crippen molar-refractivity contribution in [2.75, 3.05) is 13.3 Å². The zero-order valence-electron chi connectivity index (χ0n) is 8.71. The Bertz CT molecular complexity index is 483. The van der Waals surface area contributed by atoms with Crippen LogP contribution in [-0.2, 0) is 4.74 Å². The Balaban J connectivity index is 2.19. The van der Waals surface area contributed by atoms with Crippen LogP contribution in [0.3, 0.4) is 0 Å². The van der Waals surface area contributed by atoms with Crippen molar-refractivity contribution >= 4 is 10.9 Å². The van der Waals surface area contributed by atoms with E-state index in [1.165, 1.54) is 22.2 Å². The zero-order valence-corrected chi connectivity index (χ0v) is 8.71. The molecule has 1 aromatic carbocycles. The quantitative estimate of drug-likeness (QED) is 0.743. The fraction of sp³-hybridized carbons (Fsp3) is 0.333. The van der Waals surface area contributed by atoms with Crippen LogP contribution in [0.1, 0.15) is 17.4 Å². The van der Waals surface area contributed by atoms with Gasteiger partial charge >= 0.3 is 0 Å². The van der Waals surface area contributed by atoms with Crippen molar-refractivity contribution in [1.82, 2.24) is 10.3 Å². The summed E-state index contributed by atoms with van der Waals surface area (Å²) in [5.41, 5.74) is 3.71. The van der Waals surface area contributed by atoms with Crippen LogP contribution >= 0.6 is 0 Å². The van der Waals surface area contributed by atoms with E-state index in [2.05, 4.69) is 41.5 Å². The molecule has 1 atom stereocenters. The molecule has 78 valence electrons. The molecule has 0 radical (unpaired) electrons. The van der Waals surface area contributed by atoms with E-state index in [-0.39, 0.29) is 6.10 Å². The minimum atomic E-state index is 0.196. The molecule has 1 aliphatic heterocycles. The minimum absolute atomic E-state index is 0.196. The molecule has 3 nitrogen and oxygen atoms in total. The lowest BCUT2D eigenvalue weighted by molar-refractivity contribution is 0.115. The number of H-pyrrole nitrogens is 1. The zero-order chi connectivity index (χ0) is 10.3. The summed E-state index contributed by atoms with van der Waals surface area (Å²) >= 11 is 0. The molecule has 15 heavy (non-hydrogen) atoms. The number of hydrogen-bond donors (Lipinski definition) is 2. The van der Waals surface area contributed by atoms with Crippen molar-refractivity contribution in [2.24, 2.45) is 0 Å². The van der Waals surface area contributed by atoms with Crippen LogP contribution in [-0.4, -0.2) is 18.3 Å². The van der Waals surface area contributed by atoms with Gasteiger partial charge in [0.2, 0.25) is 0 Å². The van der Waals surface area contributed by atoms with Gasteiger partial charge in [-0.05, 0) is 13.0 Å². The van der Waals surface area contributed by atoms with Gasteiger partial charge in [-0.2, -0.15) is 0 Å². The van der Waals surface area contributed by atoms with E-state index in [4.69, 9.17) is 4.74 Å². The smallest absolute Gasteiger partial charge is 0.0990 e.